The molecule has 0 unspecified atom stereocenters. The molecule has 0 fully saturated rings. The Balaban J connectivity index is 2.58. The van der Waals surface area contributed by atoms with E-state index in [1.165, 1.54) is 7.11 Å². The van der Waals surface area contributed by atoms with Gasteiger partial charge in [-0.3, -0.25) is 9.59 Å². The Kier molecular flexibility index (Phi) is 6.52. The van der Waals surface area contributed by atoms with E-state index in [-0.39, 0.29) is 24.8 Å². The van der Waals surface area contributed by atoms with Crippen molar-refractivity contribution >= 4 is 17.5 Å². The number of carbonyl (C=O) groups is 2. The number of nitrogens with zero attached hydrogens (tertiary/aromatic N) is 1. The van der Waals surface area contributed by atoms with Crippen molar-refractivity contribution in [1.29, 1.82) is 0 Å². The molecule has 116 valence electrons. The quantitative estimate of drug-likeness (QED) is 0.741. The molecule has 0 radical (unpaired) electrons. The molecular weight excluding hydrogens is 270 g/mol. The summed E-state index contributed by atoms with van der Waals surface area (Å²) in [5.74, 6) is 0.183. The number of rotatable bonds is 7. The minimum atomic E-state index is -0.300. The highest BCUT2D eigenvalue weighted by atomic mass is 16.5. The second-order valence-corrected chi connectivity index (χ2v) is 4.53. The van der Waals surface area contributed by atoms with Gasteiger partial charge >= 0.3 is 0 Å². The van der Waals surface area contributed by atoms with E-state index < -0.39 is 0 Å². The maximum Gasteiger partial charge on any atom is 0.255 e. The van der Waals surface area contributed by atoms with Crippen LogP contribution in [0.4, 0.5) is 5.69 Å². The zero-order valence-corrected chi connectivity index (χ0v) is 12.8. The first-order chi connectivity index (χ1) is 10.0. The second-order valence-electron chi connectivity index (χ2n) is 4.53. The Bertz CT molecular complexity index is 499. The standard InChI is InChI=1S/C15H23N3O3/c1-4-18(5-2)14(19)8-9-17-15(20)12-10-11(16)6-7-13(12)21-3/h6-7,10H,4-5,8-9,16H2,1-3H3,(H,17,20). The third kappa shape index (κ3) is 4.66. The highest BCUT2D eigenvalue weighted by molar-refractivity contribution is 5.98. The van der Waals surface area contributed by atoms with Crippen molar-refractivity contribution < 1.29 is 14.3 Å². The highest BCUT2D eigenvalue weighted by Crippen LogP contribution is 2.20. The zero-order valence-electron chi connectivity index (χ0n) is 12.8. The van der Waals surface area contributed by atoms with Crippen LogP contribution in [-0.2, 0) is 4.79 Å². The van der Waals surface area contributed by atoms with Crippen molar-refractivity contribution in [3.8, 4) is 5.75 Å². The van der Waals surface area contributed by atoms with Crippen molar-refractivity contribution in [2.75, 3.05) is 32.5 Å². The van der Waals surface area contributed by atoms with E-state index in [4.69, 9.17) is 10.5 Å². The summed E-state index contributed by atoms with van der Waals surface area (Å²) in [6.07, 6.45) is 0.276. The maximum atomic E-state index is 12.1. The second kappa shape index (κ2) is 8.14. The molecule has 0 aromatic heterocycles. The minimum absolute atomic E-state index is 0.0276. The molecule has 0 aliphatic carbocycles. The Hall–Kier alpha value is -2.24. The lowest BCUT2D eigenvalue weighted by Crippen LogP contribution is -2.34. The van der Waals surface area contributed by atoms with Gasteiger partial charge in [0.05, 0.1) is 12.7 Å². The summed E-state index contributed by atoms with van der Waals surface area (Å²) in [6.45, 7) is 5.49. The highest BCUT2D eigenvalue weighted by Gasteiger charge is 2.14. The van der Waals surface area contributed by atoms with Crippen LogP contribution in [-0.4, -0.2) is 43.5 Å². The third-order valence-corrected chi connectivity index (χ3v) is 3.21. The lowest BCUT2D eigenvalue weighted by atomic mass is 10.1. The molecule has 0 aliphatic heterocycles. The lowest BCUT2D eigenvalue weighted by molar-refractivity contribution is -0.130. The van der Waals surface area contributed by atoms with Crippen molar-refractivity contribution in [2.24, 2.45) is 0 Å². The molecule has 21 heavy (non-hydrogen) atoms. The summed E-state index contributed by atoms with van der Waals surface area (Å²) in [6, 6.07) is 4.87. The SMILES string of the molecule is CCN(CC)C(=O)CCNC(=O)c1cc(N)ccc1OC. The topological polar surface area (TPSA) is 84.7 Å². The smallest absolute Gasteiger partial charge is 0.255 e. The molecule has 0 spiro atoms. The Morgan fingerprint density at radius 3 is 2.52 bits per heavy atom. The number of hydrogen-bond acceptors (Lipinski definition) is 4. The van der Waals surface area contributed by atoms with E-state index in [0.717, 1.165) is 0 Å². The van der Waals surface area contributed by atoms with Gasteiger partial charge in [0, 0.05) is 31.7 Å². The Morgan fingerprint density at radius 1 is 1.29 bits per heavy atom. The lowest BCUT2D eigenvalue weighted by Gasteiger charge is -2.18. The van der Waals surface area contributed by atoms with E-state index in [1.807, 2.05) is 13.8 Å². The van der Waals surface area contributed by atoms with E-state index in [1.54, 1.807) is 23.1 Å². The summed E-state index contributed by atoms with van der Waals surface area (Å²) in [4.78, 5) is 25.7. The first-order valence-electron chi connectivity index (χ1n) is 7.02. The van der Waals surface area contributed by atoms with Crippen LogP contribution in [0.5, 0.6) is 5.75 Å². The Morgan fingerprint density at radius 2 is 1.95 bits per heavy atom. The van der Waals surface area contributed by atoms with E-state index in [2.05, 4.69) is 5.32 Å². The number of methoxy groups -OCH3 is 1. The van der Waals surface area contributed by atoms with Crippen LogP contribution in [0.2, 0.25) is 0 Å². The average molecular weight is 293 g/mol. The minimum Gasteiger partial charge on any atom is -0.496 e. The predicted molar refractivity (Wildman–Crippen MR) is 82.3 cm³/mol. The van der Waals surface area contributed by atoms with Crippen LogP contribution < -0.4 is 15.8 Å². The number of nitrogen functional groups attached to an aromatic ring is 1. The van der Waals surface area contributed by atoms with Gasteiger partial charge in [-0.2, -0.15) is 0 Å². The van der Waals surface area contributed by atoms with Gasteiger partial charge in [0.15, 0.2) is 0 Å². The molecular formula is C15H23N3O3. The van der Waals surface area contributed by atoms with Crippen LogP contribution in [0.25, 0.3) is 0 Å². The van der Waals surface area contributed by atoms with Gasteiger partial charge in [-0.15, -0.1) is 0 Å². The number of nitrogens with two attached hydrogens (primary N) is 1. The normalized spacial score (nSPS) is 10.0. The molecule has 0 saturated heterocycles. The predicted octanol–water partition coefficient (Wildman–Crippen LogP) is 1.27. The van der Waals surface area contributed by atoms with Crippen LogP contribution >= 0.6 is 0 Å². The summed E-state index contributed by atoms with van der Waals surface area (Å²) >= 11 is 0. The number of benzene rings is 1. The fraction of sp³-hybridized carbons (Fsp3) is 0.467. The number of ether oxygens (including phenoxy) is 1. The summed E-state index contributed by atoms with van der Waals surface area (Å²) < 4.78 is 5.13. The van der Waals surface area contributed by atoms with Gasteiger partial charge in [-0.1, -0.05) is 0 Å². The molecule has 2 amide bonds. The number of nitrogens with one attached hydrogen (secondary N) is 1. The van der Waals surface area contributed by atoms with E-state index in [9.17, 15) is 9.59 Å². The van der Waals surface area contributed by atoms with Gasteiger partial charge in [0.1, 0.15) is 5.75 Å². The number of hydrogen-bond donors (Lipinski definition) is 2. The van der Waals surface area contributed by atoms with Crippen LogP contribution in [0.15, 0.2) is 18.2 Å². The summed E-state index contributed by atoms with van der Waals surface area (Å²) in [5.41, 5.74) is 6.53. The third-order valence-electron chi connectivity index (χ3n) is 3.21. The van der Waals surface area contributed by atoms with Gasteiger partial charge in [0.25, 0.3) is 5.91 Å². The molecule has 0 heterocycles. The molecule has 0 saturated carbocycles. The number of amides is 2. The molecule has 3 N–H and O–H groups in total. The summed E-state index contributed by atoms with van der Waals surface area (Å²) in [5, 5.41) is 2.71. The first kappa shape index (κ1) is 16.8. The molecule has 6 nitrogen and oxygen atoms in total. The van der Waals surface area contributed by atoms with E-state index in [0.29, 0.717) is 30.1 Å². The van der Waals surface area contributed by atoms with Gasteiger partial charge in [-0.05, 0) is 32.0 Å². The summed E-state index contributed by atoms with van der Waals surface area (Å²) in [7, 11) is 1.49. The molecule has 1 rings (SSSR count). The monoisotopic (exact) mass is 293 g/mol. The number of anilines is 1. The maximum absolute atomic E-state index is 12.1. The molecule has 1 aromatic carbocycles. The van der Waals surface area contributed by atoms with Crippen molar-refractivity contribution in [3.05, 3.63) is 23.8 Å². The van der Waals surface area contributed by atoms with E-state index >= 15 is 0 Å². The molecule has 6 heteroatoms. The molecule has 0 atom stereocenters. The molecule has 1 aromatic rings. The number of carbonyl (C=O) groups excluding carboxylic acids is 2. The van der Waals surface area contributed by atoms with Crippen molar-refractivity contribution in [1.82, 2.24) is 10.2 Å². The average Bonchev–Trinajstić information content (AvgIpc) is 2.48. The molecule has 0 bridgehead atoms. The fourth-order valence-electron chi connectivity index (χ4n) is 2.02. The van der Waals surface area contributed by atoms with Crippen LogP contribution in [0.3, 0.4) is 0 Å². The zero-order chi connectivity index (χ0) is 15.8. The fourth-order valence-corrected chi connectivity index (χ4v) is 2.02. The first-order valence-corrected chi connectivity index (χ1v) is 7.02. The van der Waals surface area contributed by atoms with Gasteiger partial charge in [0.2, 0.25) is 5.91 Å². The van der Waals surface area contributed by atoms with Crippen molar-refractivity contribution in [2.45, 2.75) is 20.3 Å². The van der Waals surface area contributed by atoms with Gasteiger partial charge in [-0.25, -0.2) is 0 Å². The van der Waals surface area contributed by atoms with Gasteiger partial charge < -0.3 is 20.7 Å². The Labute approximate surface area is 125 Å². The van der Waals surface area contributed by atoms with Crippen molar-refractivity contribution in [3.63, 3.8) is 0 Å². The van der Waals surface area contributed by atoms with Crippen LogP contribution in [0, 0.1) is 0 Å². The van der Waals surface area contributed by atoms with Crippen LogP contribution in [0.1, 0.15) is 30.6 Å². The largest absolute Gasteiger partial charge is 0.496 e. The molecule has 0 aliphatic rings.